The van der Waals surface area contributed by atoms with Crippen LogP contribution >= 0.6 is 0 Å². The third-order valence-electron chi connectivity index (χ3n) is 3.79. The van der Waals surface area contributed by atoms with Gasteiger partial charge in [-0.05, 0) is 48.9 Å². The van der Waals surface area contributed by atoms with Crippen LogP contribution in [0.1, 0.15) is 22.8 Å². The molecule has 10 heteroatoms. The number of nitriles is 1. The lowest BCUT2D eigenvalue weighted by molar-refractivity contribution is -0.112. The summed E-state index contributed by atoms with van der Waals surface area (Å²) in [5, 5.41) is 14.5. The van der Waals surface area contributed by atoms with Crippen molar-refractivity contribution in [2.45, 2.75) is 18.4 Å². The van der Waals surface area contributed by atoms with E-state index >= 15 is 0 Å². The summed E-state index contributed by atoms with van der Waals surface area (Å²) < 4.78 is 35.9. The number of ether oxygens (including phenoxy) is 1. The molecule has 0 saturated carbocycles. The normalized spacial score (nSPS) is 11.3. The Bertz CT molecular complexity index is 1080. The van der Waals surface area contributed by atoms with Crippen molar-refractivity contribution in [1.29, 1.82) is 5.26 Å². The predicted molar refractivity (Wildman–Crippen MR) is 108 cm³/mol. The third kappa shape index (κ3) is 6.44. The highest BCUT2D eigenvalue weighted by Gasteiger charge is 2.12. The van der Waals surface area contributed by atoms with Gasteiger partial charge in [0.2, 0.25) is 0 Å². The molecule has 3 N–H and O–H groups in total. The van der Waals surface area contributed by atoms with Crippen molar-refractivity contribution in [3.8, 4) is 6.07 Å². The van der Waals surface area contributed by atoms with Crippen molar-refractivity contribution in [2.75, 3.05) is 11.9 Å². The second kappa shape index (κ2) is 10.2. The molecule has 0 aliphatic rings. The Kier molecular flexibility index (Phi) is 7.69. The minimum atomic E-state index is -4.33. The summed E-state index contributed by atoms with van der Waals surface area (Å²) in [5.74, 6) is -1.10. The average molecular weight is 429 g/mol. The monoisotopic (exact) mass is 429 g/mol. The molecule has 0 aliphatic heterocycles. The molecule has 2 aromatic carbocycles. The molecule has 0 aliphatic carbocycles. The molecule has 9 nitrogen and oxygen atoms in total. The number of esters is 1. The van der Waals surface area contributed by atoms with E-state index in [2.05, 4.69) is 10.6 Å². The van der Waals surface area contributed by atoms with Gasteiger partial charge in [0, 0.05) is 18.4 Å². The lowest BCUT2D eigenvalue weighted by Crippen LogP contribution is -2.16. The highest BCUT2D eigenvalue weighted by molar-refractivity contribution is 7.85. The van der Waals surface area contributed by atoms with Gasteiger partial charge in [0.25, 0.3) is 16.0 Å². The number of hydrogen-bond acceptors (Lipinski definition) is 7. The van der Waals surface area contributed by atoms with Gasteiger partial charge >= 0.3 is 5.97 Å². The summed E-state index contributed by atoms with van der Waals surface area (Å²) in [4.78, 5) is 23.5. The first kappa shape index (κ1) is 22.6. The van der Waals surface area contributed by atoms with Gasteiger partial charge in [0.15, 0.2) is 0 Å². The fourth-order valence-corrected chi connectivity index (χ4v) is 2.78. The molecular weight excluding hydrogens is 410 g/mol. The molecule has 0 aromatic heterocycles. The van der Waals surface area contributed by atoms with E-state index < -0.39 is 22.0 Å². The van der Waals surface area contributed by atoms with Crippen molar-refractivity contribution in [3.05, 3.63) is 71.4 Å². The van der Waals surface area contributed by atoms with Crippen molar-refractivity contribution >= 4 is 27.7 Å². The molecule has 0 atom stereocenters. The van der Waals surface area contributed by atoms with Gasteiger partial charge in [-0.15, -0.1) is 0 Å². The quantitative estimate of drug-likeness (QED) is 0.251. The van der Waals surface area contributed by atoms with Gasteiger partial charge in [-0.2, -0.15) is 13.7 Å². The molecule has 0 spiro atoms. The summed E-state index contributed by atoms with van der Waals surface area (Å²) in [5.41, 5.74) is 1.30. The van der Waals surface area contributed by atoms with Crippen LogP contribution in [0.5, 0.6) is 0 Å². The Morgan fingerprint density at radius 3 is 2.30 bits per heavy atom. The number of amides is 1. The molecule has 2 rings (SSSR count). The van der Waals surface area contributed by atoms with Crippen LogP contribution in [0.4, 0.5) is 5.69 Å². The second-order valence-corrected chi connectivity index (χ2v) is 7.34. The van der Waals surface area contributed by atoms with E-state index in [1.54, 1.807) is 37.3 Å². The molecule has 0 fully saturated rings. The molecule has 0 bridgehead atoms. The molecule has 0 radical (unpaired) electrons. The van der Waals surface area contributed by atoms with Crippen LogP contribution in [-0.2, 0) is 26.2 Å². The number of benzene rings is 2. The molecular formula is C20H19N3O6S. The van der Waals surface area contributed by atoms with Crippen LogP contribution in [0.2, 0.25) is 0 Å². The Balaban J connectivity index is 1.96. The van der Waals surface area contributed by atoms with Crippen LogP contribution < -0.4 is 10.6 Å². The van der Waals surface area contributed by atoms with Crippen molar-refractivity contribution in [1.82, 2.24) is 5.32 Å². The zero-order valence-electron chi connectivity index (χ0n) is 16.0. The molecule has 0 unspecified atom stereocenters. The molecule has 0 saturated heterocycles. The maximum atomic E-state index is 12.2. The van der Waals surface area contributed by atoms with Crippen LogP contribution in [0.25, 0.3) is 0 Å². The first-order valence-electron chi connectivity index (χ1n) is 8.73. The highest BCUT2D eigenvalue weighted by Crippen LogP contribution is 2.14. The number of hydrogen-bond donors (Lipinski definition) is 3. The fraction of sp³-hybridized carbons (Fsp3) is 0.150. The predicted octanol–water partition coefficient (Wildman–Crippen LogP) is 2.25. The first-order chi connectivity index (χ1) is 14.2. The first-order valence-corrected chi connectivity index (χ1v) is 10.2. The average Bonchev–Trinajstić information content (AvgIpc) is 2.71. The van der Waals surface area contributed by atoms with Gasteiger partial charge in [-0.1, -0.05) is 12.1 Å². The molecule has 30 heavy (non-hydrogen) atoms. The summed E-state index contributed by atoms with van der Waals surface area (Å²) in [6.45, 7) is 2.32. The standard InChI is InChI=1S/C20H19N3O6S/c1-2-29-20(25)15-5-3-14(4-6-15)12-22-13-16(11-21)19(24)23-17-7-9-18(10-8-17)30(26,27)28/h3-10,13,22H,2,12H2,1H3,(H,23,24)(H,26,27,28)/b16-13-. The third-order valence-corrected chi connectivity index (χ3v) is 4.66. The number of nitrogens with one attached hydrogen (secondary N) is 2. The van der Waals surface area contributed by atoms with Gasteiger partial charge in [-0.25, -0.2) is 4.79 Å². The summed E-state index contributed by atoms with van der Waals surface area (Å²) >= 11 is 0. The van der Waals surface area contributed by atoms with Crippen molar-refractivity contribution < 1.29 is 27.3 Å². The van der Waals surface area contributed by atoms with Crippen molar-refractivity contribution in [3.63, 3.8) is 0 Å². The Morgan fingerprint density at radius 2 is 1.77 bits per heavy atom. The zero-order valence-corrected chi connectivity index (χ0v) is 16.8. The van der Waals surface area contributed by atoms with Crippen molar-refractivity contribution in [2.24, 2.45) is 0 Å². The lowest BCUT2D eigenvalue weighted by atomic mass is 10.1. The number of anilines is 1. The zero-order chi connectivity index (χ0) is 22.1. The maximum absolute atomic E-state index is 12.2. The number of rotatable bonds is 8. The summed E-state index contributed by atoms with van der Waals surface area (Å²) in [6, 6.07) is 13.3. The van der Waals surface area contributed by atoms with Gasteiger partial charge in [0.1, 0.15) is 11.6 Å². The Morgan fingerprint density at radius 1 is 1.13 bits per heavy atom. The van der Waals surface area contributed by atoms with Crippen LogP contribution in [-0.4, -0.2) is 31.5 Å². The summed E-state index contributed by atoms with van der Waals surface area (Å²) in [6.07, 6.45) is 1.25. The molecule has 2 aromatic rings. The minimum absolute atomic E-state index is 0.197. The smallest absolute Gasteiger partial charge is 0.338 e. The lowest BCUT2D eigenvalue weighted by Gasteiger charge is -2.07. The Hall–Kier alpha value is -3.68. The molecule has 156 valence electrons. The number of carbonyl (C=O) groups excluding carboxylic acids is 2. The highest BCUT2D eigenvalue weighted by atomic mass is 32.2. The van der Waals surface area contributed by atoms with E-state index in [0.717, 1.165) is 17.7 Å². The second-order valence-electron chi connectivity index (χ2n) is 5.92. The minimum Gasteiger partial charge on any atom is -0.462 e. The number of nitrogens with zero attached hydrogens (tertiary/aromatic N) is 1. The number of carbonyl (C=O) groups is 2. The fourth-order valence-electron chi connectivity index (χ4n) is 2.30. The van der Waals surface area contributed by atoms with E-state index in [0.29, 0.717) is 12.1 Å². The molecule has 0 heterocycles. The van der Waals surface area contributed by atoms with E-state index in [4.69, 9.17) is 9.29 Å². The van der Waals surface area contributed by atoms with Gasteiger partial charge in [0.05, 0.1) is 17.1 Å². The van der Waals surface area contributed by atoms with Crippen LogP contribution in [0.15, 0.2) is 65.2 Å². The largest absolute Gasteiger partial charge is 0.462 e. The van der Waals surface area contributed by atoms with Crippen LogP contribution in [0, 0.1) is 11.3 Å². The van der Waals surface area contributed by atoms with E-state index in [1.807, 2.05) is 0 Å². The maximum Gasteiger partial charge on any atom is 0.338 e. The van der Waals surface area contributed by atoms with Gasteiger partial charge < -0.3 is 15.4 Å². The van der Waals surface area contributed by atoms with Gasteiger partial charge in [-0.3, -0.25) is 9.35 Å². The van der Waals surface area contributed by atoms with Crippen LogP contribution in [0.3, 0.4) is 0 Å². The Labute approximate surface area is 173 Å². The van der Waals surface area contributed by atoms with E-state index in [-0.39, 0.29) is 22.8 Å². The molecule has 1 amide bonds. The van der Waals surface area contributed by atoms with E-state index in [1.165, 1.54) is 18.3 Å². The summed E-state index contributed by atoms with van der Waals surface area (Å²) in [7, 11) is -4.33. The topological polar surface area (TPSA) is 146 Å². The van der Waals surface area contributed by atoms with E-state index in [9.17, 15) is 23.3 Å². The SMILES string of the molecule is CCOC(=O)c1ccc(CN/C=C(/C#N)C(=O)Nc2ccc(S(=O)(=O)O)cc2)cc1.